The number of hydrogen-bond acceptors (Lipinski definition) is 2. The molecular formula is C17H20FNO2. The fourth-order valence-corrected chi connectivity index (χ4v) is 2.41. The number of benzene rings is 2. The maximum Gasteiger partial charge on any atom is 0.254 e. The van der Waals surface area contributed by atoms with Crippen LogP contribution in [0.3, 0.4) is 0 Å². The lowest BCUT2D eigenvalue weighted by molar-refractivity contribution is 0.0315. The molecule has 0 aliphatic rings. The minimum Gasteiger partial charge on any atom is -0.389 e. The summed E-state index contributed by atoms with van der Waals surface area (Å²) in [6.45, 7) is 5.88. The molecule has 21 heavy (non-hydrogen) atoms. The van der Waals surface area contributed by atoms with Crippen LogP contribution in [0.1, 0.15) is 31.1 Å². The number of aliphatic hydroxyl groups is 1. The molecule has 0 fully saturated rings. The number of rotatable bonds is 4. The van der Waals surface area contributed by atoms with E-state index in [4.69, 9.17) is 0 Å². The summed E-state index contributed by atoms with van der Waals surface area (Å²) in [6, 6.07) is 9.75. The predicted molar refractivity (Wildman–Crippen MR) is 81.8 cm³/mol. The highest BCUT2D eigenvalue weighted by Gasteiger charge is 2.23. The van der Waals surface area contributed by atoms with Crippen molar-refractivity contribution in [2.24, 2.45) is 0 Å². The zero-order chi connectivity index (χ0) is 15.6. The molecule has 3 nitrogen and oxygen atoms in total. The molecular weight excluding hydrogens is 269 g/mol. The van der Waals surface area contributed by atoms with Gasteiger partial charge in [0.25, 0.3) is 5.91 Å². The van der Waals surface area contributed by atoms with Gasteiger partial charge in [-0.05, 0) is 38.3 Å². The molecule has 0 aromatic heterocycles. The first kappa shape index (κ1) is 15.4. The first-order chi connectivity index (χ1) is 9.83. The fourth-order valence-electron chi connectivity index (χ4n) is 2.41. The van der Waals surface area contributed by atoms with E-state index >= 15 is 0 Å². The second kappa shape index (κ2) is 5.82. The number of halogens is 1. The Morgan fingerprint density at radius 1 is 1.19 bits per heavy atom. The fraction of sp³-hybridized carbons (Fsp3) is 0.353. The molecule has 1 N–H and O–H groups in total. The Morgan fingerprint density at radius 2 is 1.81 bits per heavy atom. The molecule has 0 atom stereocenters. The monoisotopic (exact) mass is 289 g/mol. The van der Waals surface area contributed by atoms with Crippen LogP contribution in [0.5, 0.6) is 0 Å². The van der Waals surface area contributed by atoms with Gasteiger partial charge in [0.15, 0.2) is 0 Å². The van der Waals surface area contributed by atoms with E-state index in [1.165, 1.54) is 12.1 Å². The van der Waals surface area contributed by atoms with Crippen molar-refractivity contribution in [3.63, 3.8) is 0 Å². The van der Waals surface area contributed by atoms with Gasteiger partial charge in [-0.2, -0.15) is 0 Å². The Hall–Kier alpha value is -1.94. The average Bonchev–Trinajstić information content (AvgIpc) is 2.44. The largest absolute Gasteiger partial charge is 0.389 e. The van der Waals surface area contributed by atoms with E-state index < -0.39 is 5.60 Å². The third-order valence-corrected chi connectivity index (χ3v) is 3.35. The highest BCUT2D eigenvalue weighted by Crippen LogP contribution is 2.23. The normalized spacial score (nSPS) is 11.7. The highest BCUT2D eigenvalue weighted by molar-refractivity contribution is 6.07. The number of fused-ring (bicyclic) bond motifs is 1. The maximum absolute atomic E-state index is 13.8. The van der Waals surface area contributed by atoms with Crippen molar-refractivity contribution < 1.29 is 14.3 Å². The van der Waals surface area contributed by atoms with Crippen LogP contribution >= 0.6 is 0 Å². The van der Waals surface area contributed by atoms with Crippen LogP contribution in [-0.2, 0) is 0 Å². The van der Waals surface area contributed by atoms with Gasteiger partial charge in [0.1, 0.15) is 5.82 Å². The number of carbonyl (C=O) groups is 1. The third kappa shape index (κ3) is 3.39. The lowest BCUT2D eigenvalue weighted by Gasteiger charge is -2.28. The van der Waals surface area contributed by atoms with Gasteiger partial charge in [0.05, 0.1) is 5.60 Å². The van der Waals surface area contributed by atoms with Crippen molar-refractivity contribution in [1.82, 2.24) is 4.90 Å². The Bertz CT molecular complexity index is 661. The molecule has 0 bridgehead atoms. The van der Waals surface area contributed by atoms with Gasteiger partial charge < -0.3 is 10.0 Å². The number of likely N-dealkylation sites (N-methyl/N-ethyl adjacent to an activating group) is 1. The molecule has 0 aliphatic heterocycles. The van der Waals surface area contributed by atoms with Crippen LogP contribution in [0.15, 0.2) is 36.4 Å². The predicted octanol–water partition coefficient (Wildman–Crippen LogP) is 3.21. The molecule has 4 heteroatoms. The molecule has 112 valence electrons. The van der Waals surface area contributed by atoms with E-state index in [1.54, 1.807) is 43.0 Å². The van der Waals surface area contributed by atoms with E-state index in [0.717, 1.165) is 0 Å². The molecule has 0 spiro atoms. The van der Waals surface area contributed by atoms with Gasteiger partial charge in [-0.3, -0.25) is 4.79 Å². The molecule has 0 unspecified atom stereocenters. The summed E-state index contributed by atoms with van der Waals surface area (Å²) in [7, 11) is 0. The van der Waals surface area contributed by atoms with E-state index in [2.05, 4.69) is 0 Å². The first-order valence-corrected chi connectivity index (χ1v) is 7.02. The summed E-state index contributed by atoms with van der Waals surface area (Å²) in [5.74, 6) is -0.538. The van der Waals surface area contributed by atoms with E-state index in [9.17, 15) is 14.3 Å². The molecule has 0 saturated heterocycles. The topological polar surface area (TPSA) is 40.5 Å². The quantitative estimate of drug-likeness (QED) is 0.939. The maximum atomic E-state index is 13.8. The molecule has 2 rings (SSSR count). The van der Waals surface area contributed by atoms with Gasteiger partial charge in [0.2, 0.25) is 0 Å². The highest BCUT2D eigenvalue weighted by atomic mass is 19.1. The van der Waals surface area contributed by atoms with E-state index in [-0.39, 0.29) is 18.3 Å². The Kier molecular flexibility index (Phi) is 4.28. The number of carbonyl (C=O) groups excluding carboxylic acids is 1. The second-order valence-electron chi connectivity index (χ2n) is 5.77. The minimum absolute atomic E-state index is 0.198. The van der Waals surface area contributed by atoms with Crippen molar-refractivity contribution in [2.75, 3.05) is 13.1 Å². The van der Waals surface area contributed by atoms with Crippen molar-refractivity contribution in [2.45, 2.75) is 26.4 Å². The summed E-state index contributed by atoms with van der Waals surface area (Å²) < 4.78 is 13.8. The van der Waals surface area contributed by atoms with Crippen LogP contribution in [0.4, 0.5) is 4.39 Å². The number of hydrogen-bond donors (Lipinski definition) is 1. The molecule has 0 heterocycles. The van der Waals surface area contributed by atoms with Crippen molar-refractivity contribution in [1.29, 1.82) is 0 Å². The summed E-state index contributed by atoms with van der Waals surface area (Å²) in [6.07, 6.45) is 0. The lowest BCUT2D eigenvalue weighted by Crippen LogP contribution is -2.42. The van der Waals surface area contributed by atoms with Crippen LogP contribution < -0.4 is 0 Å². The third-order valence-electron chi connectivity index (χ3n) is 3.35. The van der Waals surface area contributed by atoms with Crippen molar-refractivity contribution >= 4 is 16.7 Å². The summed E-state index contributed by atoms with van der Waals surface area (Å²) >= 11 is 0. The Balaban J connectivity index is 2.46. The van der Waals surface area contributed by atoms with Gasteiger partial charge in [-0.15, -0.1) is 0 Å². The molecule has 2 aromatic rings. The molecule has 0 radical (unpaired) electrons. The summed E-state index contributed by atoms with van der Waals surface area (Å²) in [4.78, 5) is 14.2. The molecule has 2 aromatic carbocycles. The molecule has 1 amide bonds. The Labute approximate surface area is 124 Å². The van der Waals surface area contributed by atoms with Crippen LogP contribution in [0, 0.1) is 5.82 Å². The standard InChI is InChI=1S/C17H20FNO2/c1-4-19(11-17(2,3)21)16(20)14-9-10-15(18)13-8-6-5-7-12(13)14/h5-10,21H,4,11H2,1-3H3. The van der Waals surface area contributed by atoms with Crippen molar-refractivity contribution in [3.05, 3.63) is 47.8 Å². The average molecular weight is 289 g/mol. The van der Waals surface area contributed by atoms with E-state index in [0.29, 0.717) is 22.9 Å². The van der Waals surface area contributed by atoms with Gasteiger partial charge >= 0.3 is 0 Å². The van der Waals surface area contributed by atoms with Gasteiger partial charge in [0, 0.05) is 24.0 Å². The number of amides is 1. The Morgan fingerprint density at radius 3 is 2.38 bits per heavy atom. The van der Waals surface area contributed by atoms with Gasteiger partial charge in [-0.1, -0.05) is 24.3 Å². The van der Waals surface area contributed by atoms with E-state index in [1.807, 2.05) is 6.92 Å². The van der Waals surface area contributed by atoms with Crippen LogP contribution in [0.25, 0.3) is 10.8 Å². The molecule has 0 aliphatic carbocycles. The molecule has 0 saturated carbocycles. The first-order valence-electron chi connectivity index (χ1n) is 7.02. The van der Waals surface area contributed by atoms with Crippen LogP contribution in [-0.4, -0.2) is 34.6 Å². The zero-order valence-corrected chi connectivity index (χ0v) is 12.6. The lowest BCUT2D eigenvalue weighted by atomic mass is 10.0. The zero-order valence-electron chi connectivity index (χ0n) is 12.6. The van der Waals surface area contributed by atoms with Crippen LogP contribution in [0.2, 0.25) is 0 Å². The van der Waals surface area contributed by atoms with Crippen molar-refractivity contribution in [3.8, 4) is 0 Å². The smallest absolute Gasteiger partial charge is 0.254 e. The summed E-state index contributed by atoms with van der Waals surface area (Å²) in [5.41, 5.74) is -0.514. The number of nitrogens with zero attached hydrogens (tertiary/aromatic N) is 1. The SMILES string of the molecule is CCN(CC(C)(C)O)C(=O)c1ccc(F)c2ccccc12. The summed E-state index contributed by atoms with van der Waals surface area (Å²) in [5, 5.41) is 10.9. The second-order valence-corrected chi connectivity index (χ2v) is 5.77. The minimum atomic E-state index is -0.971. The van der Waals surface area contributed by atoms with Gasteiger partial charge in [-0.25, -0.2) is 4.39 Å².